The summed E-state index contributed by atoms with van der Waals surface area (Å²) in [5.41, 5.74) is 1.35. The average Bonchev–Trinajstić information content (AvgIpc) is 2.91. The molecule has 0 spiro atoms. The highest BCUT2D eigenvalue weighted by atomic mass is 35.5. The highest BCUT2D eigenvalue weighted by Crippen LogP contribution is 2.23. The molecule has 134 valence electrons. The van der Waals surface area contributed by atoms with Gasteiger partial charge in [-0.25, -0.2) is 8.42 Å². The maximum absolute atomic E-state index is 12.5. The van der Waals surface area contributed by atoms with Gasteiger partial charge in [0.05, 0.1) is 29.1 Å². The van der Waals surface area contributed by atoms with Crippen LogP contribution < -0.4 is 10.9 Å². The van der Waals surface area contributed by atoms with E-state index in [2.05, 4.69) is 10.4 Å². The number of anilines is 1. The third kappa shape index (κ3) is 3.99. The molecule has 3 rings (SSSR count). The van der Waals surface area contributed by atoms with Gasteiger partial charge in [0.1, 0.15) is 5.02 Å². The van der Waals surface area contributed by atoms with Crippen molar-refractivity contribution in [2.75, 3.05) is 23.4 Å². The van der Waals surface area contributed by atoms with Crippen molar-refractivity contribution in [2.45, 2.75) is 13.3 Å². The fraction of sp³-hybridized carbons (Fsp3) is 0.375. The zero-order valence-corrected chi connectivity index (χ0v) is 15.8. The largest absolute Gasteiger partial charge is 0.382 e. The molecule has 6 nitrogen and oxygen atoms in total. The van der Waals surface area contributed by atoms with Crippen LogP contribution in [0.3, 0.4) is 0 Å². The van der Waals surface area contributed by atoms with Crippen LogP contribution in [0.25, 0.3) is 5.69 Å². The zero-order valence-electron chi connectivity index (χ0n) is 13.5. The fourth-order valence-corrected chi connectivity index (χ4v) is 4.97. The summed E-state index contributed by atoms with van der Waals surface area (Å²) in [6, 6.07) is 5.19. The van der Waals surface area contributed by atoms with Crippen LogP contribution >= 0.6 is 23.2 Å². The molecule has 1 saturated heterocycles. The Morgan fingerprint density at radius 2 is 2.12 bits per heavy atom. The molecule has 1 aliphatic rings. The molecule has 0 bridgehead atoms. The SMILES string of the molecule is Cc1ccc(-n2ncc(NCC3CCS(=O)(=O)C3)c(Cl)c2=O)cc1Cl. The van der Waals surface area contributed by atoms with Crippen molar-refractivity contribution in [2.24, 2.45) is 5.92 Å². The van der Waals surface area contributed by atoms with Crippen molar-refractivity contribution in [3.63, 3.8) is 0 Å². The summed E-state index contributed by atoms with van der Waals surface area (Å²) >= 11 is 12.3. The first-order valence-electron chi connectivity index (χ1n) is 7.75. The van der Waals surface area contributed by atoms with E-state index in [-0.39, 0.29) is 22.4 Å². The first-order chi connectivity index (χ1) is 11.8. The molecule has 1 aromatic carbocycles. The van der Waals surface area contributed by atoms with Crippen molar-refractivity contribution >= 4 is 38.7 Å². The molecule has 0 saturated carbocycles. The lowest BCUT2D eigenvalue weighted by Crippen LogP contribution is -2.24. The molecule has 1 N–H and O–H groups in total. The number of aromatic nitrogens is 2. The monoisotopic (exact) mass is 401 g/mol. The van der Waals surface area contributed by atoms with Crippen molar-refractivity contribution in [1.29, 1.82) is 0 Å². The standard InChI is InChI=1S/C16H17Cl2N3O3S/c1-10-2-3-12(6-13(10)17)21-16(22)15(18)14(8-20-21)19-7-11-4-5-25(23,24)9-11/h2-3,6,8,11,19H,4-5,7,9H2,1H3. The summed E-state index contributed by atoms with van der Waals surface area (Å²) in [7, 11) is -2.94. The summed E-state index contributed by atoms with van der Waals surface area (Å²) < 4.78 is 24.2. The van der Waals surface area contributed by atoms with Crippen LogP contribution in [0.15, 0.2) is 29.2 Å². The smallest absolute Gasteiger partial charge is 0.292 e. The summed E-state index contributed by atoms with van der Waals surface area (Å²) in [4.78, 5) is 12.5. The molecule has 1 atom stereocenters. The maximum atomic E-state index is 12.5. The molecule has 2 aromatic rings. The summed E-state index contributed by atoms with van der Waals surface area (Å²) in [6.45, 7) is 2.30. The van der Waals surface area contributed by atoms with E-state index < -0.39 is 15.4 Å². The average molecular weight is 402 g/mol. The van der Waals surface area contributed by atoms with Crippen molar-refractivity contribution in [3.05, 3.63) is 50.4 Å². The van der Waals surface area contributed by atoms with E-state index in [0.29, 0.717) is 29.4 Å². The lowest BCUT2D eigenvalue weighted by Gasteiger charge is -2.13. The second-order valence-electron chi connectivity index (χ2n) is 6.17. The number of rotatable bonds is 4. The Morgan fingerprint density at radius 1 is 1.36 bits per heavy atom. The number of halogens is 2. The van der Waals surface area contributed by atoms with Crippen molar-refractivity contribution < 1.29 is 8.42 Å². The maximum Gasteiger partial charge on any atom is 0.292 e. The van der Waals surface area contributed by atoms with E-state index in [0.717, 1.165) is 5.56 Å². The van der Waals surface area contributed by atoms with Gasteiger partial charge in [-0.05, 0) is 37.0 Å². The van der Waals surface area contributed by atoms with E-state index in [4.69, 9.17) is 23.2 Å². The first kappa shape index (κ1) is 18.2. The Labute approximate surface area is 155 Å². The van der Waals surface area contributed by atoms with Gasteiger partial charge in [-0.2, -0.15) is 9.78 Å². The highest BCUT2D eigenvalue weighted by Gasteiger charge is 2.27. The molecule has 2 heterocycles. The van der Waals surface area contributed by atoms with Gasteiger partial charge in [-0.15, -0.1) is 0 Å². The lowest BCUT2D eigenvalue weighted by atomic mass is 10.1. The summed E-state index contributed by atoms with van der Waals surface area (Å²) in [6.07, 6.45) is 2.07. The Balaban J connectivity index is 1.81. The van der Waals surface area contributed by atoms with E-state index in [1.165, 1.54) is 10.9 Å². The van der Waals surface area contributed by atoms with Gasteiger partial charge in [-0.3, -0.25) is 4.79 Å². The third-order valence-electron chi connectivity index (χ3n) is 4.23. The summed E-state index contributed by atoms with van der Waals surface area (Å²) in [5.74, 6) is 0.379. The number of sulfone groups is 1. The molecule has 1 fully saturated rings. The Hall–Kier alpha value is -1.57. The second-order valence-corrected chi connectivity index (χ2v) is 9.19. The van der Waals surface area contributed by atoms with Crippen LogP contribution in [0.2, 0.25) is 10.0 Å². The minimum atomic E-state index is -2.94. The minimum Gasteiger partial charge on any atom is -0.382 e. The van der Waals surface area contributed by atoms with Crippen LogP contribution in [0.4, 0.5) is 5.69 Å². The van der Waals surface area contributed by atoms with Gasteiger partial charge in [0.15, 0.2) is 9.84 Å². The van der Waals surface area contributed by atoms with E-state index in [1.807, 2.05) is 6.92 Å². The molecular weight excluding hydrogens is 385 g/mol. The Kier molecular flexibility index (Phi) is 5.09. The number of hydrogen-bond donors (Lipinski definition) is 1. The number of nitrogens with one attached hydrogen (secondary N) is 1. The lowest BCUT2D eigenvalue weighted by molar-refractivity contribution is 0.596. The molecule has 0 radical (unpaired) electrons. The summed E-state index contributed by atoms with van der Waals surface area (Å²) in [5, 5.41) is 7.71. The number of aryl methyl sites for hydroxylation is 1. The zero-order chi connectivity index (χ0) is 18.2. The van der Waals surface area contributed by atoms with Crippen molar-refractivity contribution in [1.82, 2.24) is 9.78 Å². The Bertz CT molecular complexity index is 973. The minimum absolute atomic E-state index is 0.00699. The first-order valence-corrected chi connectivity index (χ1v) is 10.3. The molecule has 1 aliphatic heterocycles. The van der Waals surface area contributed by atoms with Crippen molar-refractivity contribution in [3.8, 4) is 5.69 Å². The van der Waals surface area contributed by atoms with Crippen LogP contribution in [-0.2, 0) is 9.84 Å². The second kappa shape index (κ2) is 6.97. The molecular formula is C16H17Cl2N3O3S. The number of nitrogens with zero attached hydrogens (tertiary/aromatic N) is 2. The van der Waals surface area contributed by atoms with Crippen LogP contribution in [0, 0.1) is 12.8 Å². The molecule has 1 aromatic heterocycles. The van der Waals surface area contributed by atoms with E-state index >= 15 is 0 Å². The number of benzene rings is 1. The molecule has 1 unspecified atom stereocenters. The van der Waals surface area contributed by atoms with Gasteiger partial charge in [0, 0.05) is 11.6 Å². The van der Waals surface area contributed by atoms with Gasteiger partial charge in [0.2, 0.25) is 0 Å². The molecule has 0 aliphatic carbocycles. The van der Waals surface area contributed by atoms with Gasteiger partial charge >= 0.3 is 0 Å². The van der Waals surface area contributed by atoms with Gasteiger partial charge in [0.25, 0.3) is 5.56 Å². The third-order valence-corrected chi connectivity index (χ3v) is 6.84. The quantitative estimate of drug-likeness (QED) is 0.851. The van der Waals surface area contributed by atoms with Crippen LogP contribution in [0.1, 0.15) is 12.0 Å². The number of hydrogen-bond acceptors (Lipinski definition) is 5. The Morgan fingerprint density at radius 3 is 2.76 bits per heavy atom. The van der Waals surface area contributed by atoms with Crippen LogP contribution in [-0.4, -0.2) is 36.2 Å². The molecule has 0 amide bonds. The highest BCUT2D eigenvalue weighted by molar-refractivity contribution is 7.91. The molecule has 9 heteroatoms. The van der Waals surface area contributed by atoms with Gasteiger partial charge in [-0.1, -0.05) is 29.3 Å². The fourth-order valence-electron chi connectivity index (χ4n) is 2.74. The molecule has 25 heavy (non-hydrogen) atoms. The predicted octanol–water partition coefficient (Wildman–Crippen LogP) is 2.69. The van der Waals surface area contributed by atoms with E-state index in [1.54, 1.807) is 18.2 Å². The normalized spacial score (nSPS) is 19.1. The van der Waals surface area contributed by atoms with E-state index in [9.17, 15) is 13.2 Å². The topological polar surface area (TPSA) is 81.1 Å². The van der Waals surface area contributed by atoms with Gasteiger partial charge < -0.3 is 5.32 Å². The van der Waals surface area contributed by atoms with Crippen LogP contribution in [0.5, 0.6) is 0 Å². The predicted molar refractivity (Wildman–Crippen MR) is 99.8 cm³/mol.